The van der Waals surface area contributed by atoms with Gasteiger partial charge in [0.1, 0.15) is 0 Å². The van der Waals surface area contributed by atoms with Crippen LogP contribution in [0.25, 0.3) is 5.57 Å². The number of carbonyl (C=O) groups is 1. The van der Waals surface area contributed by atoms with Crippen LogP contribution < -0.4 is 9.47 Å². The third kappa shape index (κ3) is 5.06. The molecule has 2 aliphatic rings. The SMILES string of the molecule is COC(=O)COc1ccc(/C(=C\C2CCCC2)c2ccc(C3CC3)c(OC)n2)cc1F. The van der Waals surface area contributed by atoms with Crippen LogP contribution in [0.5, 0.6) is 11.6 Å². The third-order valence-electron chi connectivity index (χ3n) is 5.99. The van der Waals surface area contributed by atoms with E-state index >= 15 is 0 Å². The molecule has 2 aromatic rings. The van der Waals surface area contributed by atoms with Gasteiger partial charge in [-0.3, -0.25) is 0 Å². The smallest absolute Gasteiger partial charge is 0.343 e. The van der Waals surface area contributed by atoms with Crippen LogP contribution in [0.2, 0.25) is 0 Å². The number of halogens is 1. The summed E-state index contributed by atoms with van der Waals surface area (Å²) in [6, 6.07) is 8.89. The zero-order valence-electron chi connectivity index (χ0n) is 18.0. The molecule has 6 heteroatoms. The predicted molar refractivity (Wildman–Crippen MR) is 116 cm³/mol. The maximum Gasteiger partial charge on any atom is 0.343 e. The minimum atomic E-state index is -0.558. The van der Waals surface area contributed by atoms with Crippen molar-refractivity contribution >= 4 is 11.5 Å². The molecule has 1 aromatic heterocycles. The molecule has 2 fully saturated rings. The van der Waals surface area contributed by atoms with Crippen molar-refractivity contribution in [1.29, 1.82) is 0 Å². The summed E-state index contributed by atoms with van der Waals surface area (Å²) in [6.45, 7) is -0.334. The van der Waals surface area contributed by atoms with Crippen molar-refractivity contribution in [1.82, 2.24) is 4.98 Å². The summed E-state index contributed by atoms with van der Waals surface area (Å²) in [6.07, 6.45) is 9.23. The van der Waals surface area contributed by atoms with Crippen molar-refractivity contribution in [3.8, 4) is 11.6 Å². The van der Waals surface area contributed by atoms with E-state index in [1.54, 1.807) is 19.2 Å². The van der Waals surface area contributed by atoms with Crippen molar-refractivity contribution in [2.24, 2.45) is 5.92 Å². The van der Waals surface area contributed by atoms with Crippen molar-refractivity contribution in [2.75, 3.05) is 20.8 Å². The molecule has 164 valence electrons. The van der Waals surface area contributed by atoms with E-state index in [0.29, 0.717) is 17.7 Å². The Kier molecular flexibility index (Phi) is 6.54. The summed E-state index contributed by atoms with van der Waals surface area (Å²) in [5.74, 6) is 0.559. The van der Waals surface area contributed by atoms with Gasteiger partial charge in [0.2, 0.25) is 5.88 Å². The van der Waals surface area contributed by atoms with Gasteiger partial charge in [0.15, 0.2) is 18.2 Å². The first-order valence-electron chi connectivity index (χ1n) is 10.9. The molecule has 1 heterocycles. The molecule has 0 atom stereocenters. The molecule has 0 N–H and O–H groups in total. The van der Waals surface area contributed by atoms with Crippen molar-refractivity contribution < 1.29 is 23.4 Å². The first-order chi connectivity index (χ1) is 15.1. The number of benzene rings is 1. The number of esters is 1. The van der Waals surface area contributed by atoms with Gasteiger partial charge in [-0.05, 0) is 61.3 Å². The lowest BCUT2D eigenvalue weighted by molar-refractivity contribution is -0.142. The van der Waals surface area contributed by atoms with Crippen LogP contribution in [-0.4, -0.2) is 31.8 Å². The highest BCUT2D eigenvalue weighted by Crippen LogP contribution is 2.44. The van der Waals surface area contributed by atoms with Crippen molar-refractivity contribution in [3.63, 3.8) is 0 Å². The summed E-state index contributed by atoms with van der Waals surface area (Å²) in [4.78, 5) is 16.1. The van der Waals surface area contributed by atoms with Crippen LogP contribution >= 0.6 is 0 Å². The summed E-state index contributed by atoms with van der Waals surface area (Å²) in [5.41, 5.74) is 3.54. The molecule has 0 spiro atoms. The van der Waals surface area contributed by atoms with E-state index in [9.17, 15) is 9.18 Å². The summed E-state index contributed by atoms with van der Waals surface area (Å²) in [5, 5.41) is 0. The molecule has 4 rings (SSSR count). The predicted octanol–water partition coefficient (Wildman–Crippen LogP) is 5.28. The fourth-order valence-corrected chi connectivity index (χ4v) is 4.14. The Hall–Kier alpha value is -2.89. The Bertz CT molecular complexity index is 977. The van der Waals surface area contributed by atoms with Gasteiger partial charge in [-0.1, -0.05) is 31.1 Å². The highest BCUT2D eigenvalue weighted by molar-refractivity contribution is 5.79. The maximum atomic E-state index is 14.8. The summed E-state index contributed by atoms with van der Waals surface area (Å²) < 4.78 is 30.1. The van der Waals surface area contributed by atoms with Gasteiger partial charge in [-0.2, -0.15) is 0 Å². The number of nitrogens with zero attached hydrogens (tertiary/aromatic N) is 1. The van der Waals surface area contributed by atoms with Gasteiger partial charge in [0.05, 0.1) is 19.9 Å². The second-order valence-electron chi connectivity index (χ2n) is 8.20. The minimum Gasteiger partial charge on any atom is -0.481 e. The number of methoxy groups -OCH3 is 2. The molecule has 0 amide bonds. The van der Waals surface area contributed by atoms with Crippen LogP contribution in [0.4, 0.5) is 4.39 Å². The fraction of sp³-hybridized carbons (Fsp3) is 0.440. The molecule has 0 unspecified atom stereocenters. The fourth-order valence-electron chi connectivity index (χ4n) is 4.14. The first-order valence-corrected chi connectivity index (χ1v) is 10.9. The zero-order chi connectivity index (χ0) is 21.8. The molecule has 2 aliphatic carbocycles. The number of carbonyl (C=O) groups excluding carboxylic acids is 1. The lowest BCUT2D eigenvalue weighted by atomic mass is 9.95. The van der Waals surface area contributed by atoms with E-state index < -0.39 is 11.8 Å². The number of hydrogen-bond acceptors (Lipinski definition) is 5. The van der Waals surface area contributed by atoms with Gasteiger partial charge in [-0.25, -0.2) is 14.2 Å². The zero-order valence-corrected chi connectivity index (χ0v) is 18.0. The number of ether oxygens (including phenoxy) is 3. The second-order valence-corrected chi connectivity index (χ2v) is 8.20. The maximum absolute atomic E-state index is 14.8. The highest BCUT2D eigenvalue weighted by atomic mass is 19.1. The van der Waals surface area contributed by atoms with Gasteiger partial charge in [0.25, 0.3) is 0 Å². The standard InChI is InChI=1S/C25H28FNO4/c1-29-24(28)15-31-23-12-9-18(14-21(23)26)20(13-16-5-3-4-6-16)22-11-10-19(17-7-8-17)25(27-22)30-2/h9-14,16-17H,3-8,15H2,1-2H3/b20-13+. The molecule has 0 radical (unpaired) electrons. The van der Waals surface area contributed by atoms with Crippen LogP contribution in [0.15, 0.2) is 36.4 Å². The monoisotopic (exact) mass is 425 g/mol. The highest BCUT2D eigenvalue weighted by Gasteiger charge is 2.28. The van der Waals surface area contributed by atoms with Gasteiger partial charge >= 0.3 is 5.97 Å². The molecule has 0 saturated heterocycles. The molecule has 2 saturated carbocycles. The molecular formula is C25H28FNO4. The van der Waals surface area contributed by atoms with Crippen LogP contribution in [-0.2, 0) is 9.53 Å². The van der Waals surface area contributed by atoms with E-state index in [1.165, 1.54) is 38.9 Å². The Labute approximate surface area is 182 Å². The Morgan fingerprint density at radius 1 is 1.13 bits per heavy atom. The van der Waals surface area contributed by atoms with Gasteiger partial charge in [0, 0.05) is 11.1 Å². The van der Waals surface area contributed by atoms with Gasteiger partial charge < -0.3 is 14.2 Å². The number of allylic oxidation sites excluding steroid dienone is 1. The Morgan fingerprint density at radius 3 is 2.55 bits per heavy atom. The lowest BCUT2D eigenvalue weighted by Gasteiger charge is -2.15. The topological polar surface area (TPSA) is 57.7 Å². The molecule has 5 nitrogen and oxygen atoms in total. The number of rotatable bonds is 8. The van der Waals surface area contributed by atoms with E-state index in [-0.39, 0.29) is 12.4 Å². The second kappa shape index (κ2) is 9.50. The summed E-state index contributed by atoms with van der Waals surface area (Å²) in [7, 11) is 2.91. The molecule has 0 bridgehead atoms. The van der Waals surface area contributed by atoms with Crippen molar-refractivity contribution in [3.05, 3.63) is 59.0 Å². The number of pyridine rings is 1. The number of aromatic nitrogens is 1. The van der Waals surface area contributed by atoms with E-state index in [0.717, 1.165) is 35.2 Å². The largest absolute Gasteiger partial charge is 0.481 e. The Morgan fingerprint density at radius 2 is 1.90 bits per heavy atom. The van der Waals surface area contributed by atoms with Gasteiger partial charge in [-0.15, -0.1) is 0 Å². The molecular weight excluding hydrogens is 397 g/mol. The molecule has 0 aliphatic heterocycles. The Balaban J connectivity index is 1.67. The average molecular weight is 426 g/mol. The first kappa shape index (κ1) is 21.3. The molecule has 31 heavy (non-hydrogen) atoms. The normalized spacial score (nSPS) is 16.9. The quantitative estimate of drug-likeness (QED) is 0.539. The third-order valence-corrected chi connectivity index (χ3v) is 5.99. The van der Waals surface area contributed by atoms with E-state index in [4.69, 9.17) is 14.5 Å². The van der Waals surface area contributed by atoms with Crippen LogP contribution in [0.1, 0.15) is 61.3 Å². The van der Waals surface area contributed by atoms with Crippen LogP contribution in [0.3, 0.4) is 0 Å². The average Bonchev–Trinajstić information content (AvgIpc) is 3.51. The van der Waals surface area contributed by atoms with Crippen molar-refractivity contribution in [2.45, 2.75) is 44.4 Å². The minimum absolute atomic E-state index is 0.0176. The molecule has 1 aromatic carbocycles. The van der Waals surface area contributed by atoms with Crippen LogP contribution in [0, 0.1) is 11.7 Å². The lowest BCUT2D eigenvalue weighted by Crippen LogP contribution is -2.13. The number of hydrogen-bond donors (Lipinski definition) is 0. The van der Waals surface area contributed by atoms with E-state index in [1.807, 2.05) is 6.07 Å². The summed E-state index contributed by atoms with van der Waals surface area (Å²) >= 11 is 0. The van der Waals surface area contributed by atoms with E-state index in [2.05, 4.69) is 16.9 Å².